The second kappa shape index (κ2) is 7.11. The first-order valence-electron chi connectivity index (χ1n) is 7.48. The molecule has 6 heteroatoms. The first-order valence-corrected chi connectivity index (χ1v) is 7.89. The first kappa shape index (κ1) is 16.6. The molecule has 3 aromatic rings. The van der Waals surface area contributed by atoms with Crippen LogP contribution in [0.5, 0.6) is 0 Å². The van der Waals surface area contributed by atoms with Crippen LogP contribution in [0.4, 0.5) is 5.69 Å². The highest BCUT2D eigenvalue weighted by atomic mass is 32.1. The number of thiocarbonyl (C=S) groups is 1. The summed E-state index contributed by atoms with van der Waals surface area (Å²) in [7, 11) is 0. The van der Waals surface area contributed by atoms with Crippen molar-refractivity contribution in [2.24, 2.45) is 0 Å². The quantitative estimate of drug-likeness (QED) is 0.628. The standard InChI is InChI=1S/C19H14N2O3S/c22-17(16-7-3-5-12-4-1-2-6-15(12)16)21-19(25)20-14-10-8-13(9-11-14)18(23)24/h1-11H,(H,23,24)(H2,20,21,22,25). The van der Waals surface area contributed by atoms with Crippen molar-refractivity contribution in [3.05, 3.63) is 77.9 Å². The van der Waals surface area contributed by atoms with Gasteiger partial charge in [-0.1, -0.05) is 36.4 Å². The van der Waals surface area contributed by atoms with Crippen molar-refractivity contribution < 1.29 is 14.7 Å². The Morgan fingerprint density at radius 3 is 2.28 bits per heavy atom. The molecule has 0 aliphatic carbocycles. The molecule has 0 bridgehead atoms. The Morgan fingerprint density at radius 2 is 1.56 bits per heavy atom. The van der Waals surface area contributed by atoms with Gasteiger partial charge >= 0.3 is 5.97 Å². The van der Waals surface area contributed by atoms with Gasteiger partial charge in [-0.25, -0.2) is 4.79 Å². The third kappa shape index (κ3) is 3.81. The molecule has 25 heavy (non-hydrogen) atoms. The lowest BCUT2D eigenvalue weighted by Crippen LogP contribution is -2.34. The number of carboxylic acid groups (broad SMARTS) is 1. The number of anilines is 1. The number of nitrogens with one attached hydrogen (secondary N) is 2. The predicted molar refractivity (Wildman–Crippen MR) is 101 cm³/mol. The molecular formula is C19H14N2O3S. The summed E-state index contributed by atoms with van der Waals surface area (Å²) in [6.07, 6.45) is 0. The van der Waals surface area contributed by atoms with Crippen molar-refractivity contribution in [1.82, 2.24) is 5.32 Å². The molecule has 0 heterocycles. The van der Waals surface area contributed by atoms with Crippen LogP contribution in [0.15, 0.2) is 66.7 Å². The van der Waals surface area contributed by atoms with Crippen molar-refractivity contribution in [3.63, 3.8) is 0 Å². The topological polar surface area (TPSA) is 78.4 Å². The van der Waals surface area contributed by atoms with Crippen LogP contribution in [-0.4, -0.2) is 22.1 Å². The third-order valence-electron chi connectivity index (χ3n) is 3.65. The van der Waals surface area contributed by atoms with Crippen LogP contribution in [0.3, 0.4) is 0 Å². The van der Waals surface area contributed by atoms with Gasteiger partial charge in [0.2, 0.25) is 0 Å². The molecule has 0 radical (unpaired) electrons. The molecule has 3 N–H and O–H groups in total. The fourth-order valence-corrected chi connectivity index (χ4v) is 2.66. The summed E-state index contributed by atoms with van der Waals surface area (Å²) in [5, 5.41) is 16.3. The summed E-state index contributed by atoms with van der Waals surface area (Å²) in [5.41, 5.74) is 1.30. The lowest BCUT2D eigenvalue weighted by Gasteiger charge is -2.11. The minimum Gasteiger partial charge on any atom is -0.478 e. The molecule has 3 rings (SSSR count). The highest BCUT2D eigenvalue weighted by molar-refractivity contribution is 7.80. The molecule has 0 atom stereocenters. The number of carbonyl (C=O) groups excluding carboxylic acids is 1. The molecule has 0 saturated carbocycles. The normalized spacial score (nSPS) is 10.2. The maximum absolute atomic E-state index is 12.5. The molecule has 124 valence electrons. The Balaban J connectivity index is 1.72. The minimum absolute atomic E-state index is 0.140. The summed E-state index contributed by atoms with van der Waals surface area (Å²) in [6, 6.07) is 19.2. The Morgan fingerprint density at radius 1 is 0.880 bits per heavy atom. The average molecular weight is 350 g/mol. The monoisotopic (exact) mass is 350 g/mol. The fourth-order valence-electron chi connectivity index (χ4n) is 2.45. The van der Waals surface area contributed by atoms with Gasteiger partial charge in [-0.15, -0.1) is 0 Å². The Bertz CT molecular complexity index is 963. The van der Waals surface area contributed by atoms with Crippen molar-refractivity contribution in [2.45, 2.75) is 0 Å². The molecular weight excluding hydrogens is 336 g/mol. The molecule has 0 unspecified atom stereocenters. The molecule has 0 aliphatic heterocycles. The largest absolute Gasteiger partial charge is 0.478 e. The molecule has 0 aliphatic rings. The molecule has 0 saturated heterocycles. The van der Waals surface area contributed by atoms with Crippen molar-refractivity contribution >= 4 is 45.7 Å². The van der Waals surface area contributed by atoms with Crippen LogP contribution in [-0.2, 0) is 0 Å². The van der Waals surface area contributed by atoms with E-state index in [1.165, 1.54) is 12.1 Å². The van der Waals surface area contributed by atoms with E-state index in [-0.39, 0.29) is 16.6 Å². The summed E-state index contributed by atoms with van der Waals surface area (Å²) in [6.45, 7) is 0. The van der Waals surface area contributed by atoms with Crippen LogP contribution in [0.1, 0.15) is 20.7 Å². The van der Waals surface area contributed by atoms with E-state index in [0.29, 0.717) is 11.3 Å². The van der Waals surface area contributed by atoms with E-state index >= 15 is 0 Å². The number of rotatable bonds is 3. The number of hydrogen-bond acceptors (Lipinski definition) is 3. The SMILES string of the molecule is O=C(O)c1ccc(NC(=S)NC(=O)c2cccc3ccccc23)cc1. The van der Waals surface area contributed by atoms with Gasteiger partial charge in [0.25, 0.3) is 5.91 Å². The van der Waals surface area contributed by atoms with E-state index in [0.717, 1.165) is 10.8 Å². The smallest absolute Gasteiger partial charge is 0.335 e. The molecule has 0 spiro atoms. The highest BCUT2D eigenvalue weighted by Gasteiger charge is 2.11. The number of fused-ring (bicyclic) bond motifs is 1. The number of carbonyl (C=O) groups is 2. The molecule has 3 aromatic carbocycles. The minimum atomic E-state index is -1.00. The lowest BCUT2D eigenvalue weighted by atomic mass is 10.0. The van der Waals surface area contributed by atoms with E-state index in [2.05, 4.69) is 10.6 Å². The number of amides is 1. The lowest BCUT2D eigenvalue weighted by molar-refractivity contribution is 0.0696. The van der Waals surface area contributed by atoms with Gasteiger partial charge in [0.15, 0.2) is 5.11 Å². The predicted octanol–water partition coefficient (Wildman–Crippen LogP) is 3.66. The Labute approximate surface area is 149 Å². The summed E-state index contributed by atoms with van der Waals surface area (Å²) < 4.78 is 0. The van der Waals surface area contributed by atoms with Crippen LogP contribution in [0.25, 0.3) is 10.8 Å². The second-order valence-corrected chi connectivity index (χ2v) is 5.73. The van der Waals surface area contributed by atoms with Gasteiger partial charge in [0.05, 0.1) is 5.56 Å². The van der Waals surface area contributed by atoms with Crippen molar-refractivity contribution in [1.29, 1.82) is 0 Å². The average Bonchev–Trinajstić information content (AvgIpc) is 2.61. The number of aromatic carboxylic acids is 1. The van der Waals surface area contributed by atoms with Gasteiger partial charge in [-0.2, -0.15) is 0 Å². The summed E-state index contributed by atoms with van der Waals surface area (Å²) in [5.74, 6) is -1.31. The fraction of sp³-hybridized carbons (Fsp3) is 0. The van der Waals surface area contributed by atoms with Gasteiger partial charge in [-0.3, -0.25) is 10.1 Å². The number of hydrogen-bond donors (Lipinski definition) is 3. The molecule has 1 amide bonds. The van der Waals surface area contributed by atoms with Gasteiger partial charge in [-0.05, 0) is 53.3 Å². The maximum atomic E-state index is 12.5. The van der Waals surface area contributed by atoms with E-state index in [4.69, 9.17) is 17.3 Å². The van der Waals surface area contributed by atoms with E-state index < -0.39 is 5.97 Å². The van der Waals surface area contributed by atoms with Crippen LogP contribution in [0.2, 0.25) is 0 Å². The summed E-state index contributed by atoms with van der Waals surface area (Å²) in [4.78, 5) is 23.3. The van der Waals surface area contributed by atoms with E-state index in [9.17, 15) is 9.59 Å². The summed E-state index contributed by atoms with van der Waals surface area (Å²) >= 11 is 5.16. The third-order valence-corrected chi connectivity index (χ3v) is 3.86. The van der Waals surface area contributed by atoms with Crippen LogP contribution in [0, 0.1) is 0 Å². The zero-order valence-corrected chi connectivity index (χ0v) is 13.8. The van der Waals surface area contributed by atoms with Crippen molar-refractivity contribution in [2.75, 3.05) is 5.32 Å². The van der Waals surface area contributed by atoms with Gasteiger partial charge < -0.3 is 10.4 Å². The first-order chi connectivity index (χ1) is 12.0. The number of carboxylic acids is 1. The maximum Gasteiger partial charge on any atom is 0.335 e. The molecule has 0 aromatic heterocycles. The molecule has 0 fully saturated rings. The Hall–Kier alpha value is -3.25. The zero-order chi connectivity index (χ0) is 17.8. The second-order valence-electron chi connectivity index (χ2n) is 5.32. The highest BCUT2D eigenvalue weighted by Crippen LogP contribution is 2.18. The number of benzene rings is 3. The van der Waals surface area contributed by atoms with Crippen LogP contribution >= 0.6 is 12.2 Å². The zero-order valence-electron chi connectivity index (χ0n) is 13.0. The van der Waals surface area contributed by atoms with Crippen LogP contribution < -0.4 is 10.6 Å². The van der Waals surface area contributed by atoms with E-state index in [1.54, 1.807) is 18.2 Å². The Kier molecular flexibility index (Phi) is 4.72. The van der Waals surface area contributed by atoms with Gasteiger partial charge in [0.1, 0.15) is 0 Å². The van der Waals surface area contributed by atoms with E-state index in [1.807, 2.05) is 36.4 Å². The van der Waals surface area contributed by atoms with Gasteiger partial charge in [0, 0.05) is 11.3 Å². The van der Waals surface area contributed by atoms with Crippen molar-refractivity contribution in [3.8, 4) is 0 Å². The molecule has 5 nitrogen and oxygen atoms in total.